The number of hydrogen-bond acceptors (Lipinski definition) is 6. The zero-order valence-corrected chi connectivity index (χ0v) is 20.6. The minimum Gasteiger partial charge on any atom is -0.507 e. The van der Waals surface area contributed by atoms with Crippen LogP contribution in [-0.4, -0.2) is 21.1 Å². The predicted molar refractivity (Wildman–Crippen MR) is 134 cm³/mol. The summed E-state index contributed by atoms with van der Waals surface area (Å²) in [5.41, 5.74) is 1.27. The van der Waals surface area contributed by atoms with Crippen LogP contribution in [0.5, 0.6) is 11.5 Å². The Bertz CT molecular complexity index is 1320. The van der Waals surface area contributed by atoms with E-state index in [0.717, 1.165) is 22.8 Å². The van der Waals surface area contributed by atoms with Crippen LogP contribution in [0.2, 0.25) is 0 Å². The molecule has 0 atom stereocenters. The lowest BCUT2D eigenvalue weighted by Gasteiger charge is -2.34. The van der Waals surface area contributed by atoms with Crippen molar-refractivity contribution < 1.29 is 24.5 Å². The molecule has 0 bridgehead atoms. The van der Waals surface area contributed by atoms with Gasteiger partial charge in [0.1, 0.15) is 28.2 Å². The van der Waals surface area contributed by atoms with Crippen LogP contribution in [0.1, 0.15) is 71.3 Å². The maximum absolute atomic E-state index is 13.9. The number of allylic oxidation sites excluding steroid dienone is 7. The molecule has 0 amide bonds. The first kappa shape index (κ1) is 25.1. The Morgan fingerprint density at radius 1 is 0.912 bits per heavy atom. The van der Waals surface area contributed by atoms with Gasteiger partial charge in [0.15, 0.2) is 5.76 Å². The Morgan fingerprint density at radius 3 is 2.00 bits per heavy atom. The normalized spacial score (nSPS) is 14.3. The third-order valence-corrected chi connectivity index (χ3v) is 6.11. The third-order valence-electron chi connectivity index (χ3n) is 6.11. The van der Waals surface area contributed by atoms with E-state index in [1.54, 1.807) is 0 Å². The number of aliphatic hydroxyl groups excluding tert-OH is 1. The summed E-state index contributed by atoms with van der Waals surface area (Å²) in [6.07, 6.45) is 7.29. The van der Waals surface area contributed by atoms with Gasteiger partial charge in [0.2, 0.25) is 11.2 Å². The molecule has 1 heterocycles. The van der Waals surface area contributed by atoms with Crippen LogP contribution >= 0.6 is 0 Å². The Balaban J connectivity index is 2.45. The summed E-state index contributed by atoms with van der Waals surface area (Å²) in [5, 5.41) is 32.0. The molecule has 6 heteroatoms. The molecule has 180 valence electrons. The minimum atomic E-state index is -1.39. The summed E-state index contributed by atoms with van der Waals surface area (Å²) in [4.78, 5) is 27.4. The summed E-state index contributed by atoms with van der Waals surface area (Å²) in [6.45, 7) is 11.4. The van der Waals surface area contributed by atoms with Gasteiger partial charge in [0, 0.05) is 17.7 Å². The van der Waals surface area contributed by atoms with E-state index in [1.807, 2.05) is 59.8 Å². The second kappa shape index (κ2) is 9.37. The Labute approximate surface area is 199 Å². The van der Waals surface area contributed by atoms with Crippen molar-refractivity contribution >= 4 is 22.8 Å². The summed E-state index contributed by atoms with van der Waals surface area (Å²) in [5.74, 6) is -1.58. The van der Waals surface area contributed by atoms with Crippen molar-refractivity contribution in [2.24, 2.45) is 0 Å². The molecule has 0 radical (unpaired) electrons. The quantitative estimate of drug-likeness (QED) is 0.443. The number of hydrogen-bond donors (Lipinski definition) is 3. The number of carbonyl (C=O) groups is 1. The number of rotatable bonds is 6. The number of benzene rings is 1. The van der Waals surface area contributed by atoms with E-state index in [1.165, 1.54) is 6.07 Å². The highest BCUT2D eigenvalue weighted by molar-refractivity contribution is 6.08. The van der Waals surface area contributed by atoms with Gasteiger partial charge in [-0.25, -0.2) is 0 Å². The van der Waals surface area contributed by atoms with Crippen molar-refractivity contribution in [2.75, 3.05) is 0 Å². The molecule has 1 aromatic heterocycles. The largest absolute Gasteiger partial charge is 0.507 e. The number of ketones is 1. The molecule has 1 aliphatic rings. The van der Waals surface area contributed by atoms with Crippen molar-refractivity contribution in [1.82, 2.24) is 0 Å². The lowest BCUT2D eigenvalue weighted by molar-refractivity contribution is -0.123. The fourth-order valence-electron chi connectivity index (χ4n) is 4.22. The molecule has 0 unspecified atom stereocenters. The van der Waals surface area contributed by atoms with Crippen molar-refractivity contribution in [3.05, 3.63) is 73.9 Å². The van der Waals surface area contributed by atoms with Crippen LogP contribution in [0, 0.1) is 0 Å². The SMILES string of the molecule is CC(C)=CCc1c(O)cc2oc3c(c(=O)c2c1O)C(CC=C(C)C)(CC=C(C)C)C(=O)C(O)=C3. The topological polar surface area (TPSA) is 108 Å². The van der Waals surface area contributed by atoms with Gasteiger partial charge in [-0.2, -0.15) is 0 Å². The Kier molecular flexibility index (Phi) is 6.92. The van der Waals surface area contributed by atoms with Gasteiger partial charge in [0.05, 0.1) is 11.0 Å². The van der Waals surface area contributed by atoms with Gasteiger partial charge in [-0.15, -0.1) is 0 Å². The maximum Gasteiger partial charge on any atom is 0.208 e. The molecule has 2 aromatic rings. The van der Waals surface area contributed by atoms with Crippen LogP contribution < -0.4 is 5.43 Å². The highest BCUT2D eigenvalue weighted by atomic mass is 16.3. The van der Waals surface area contributed by atoms with Gasteiger partial charge in [0.25, 0.3) is 0 Å². The molecule has 6 nitrogen and oxygen atoms in total. The van der Waals surface area contributed by atoms with Crippen LogP contribution in [-0.2, 0) is 16.6 Å². The third kappa shape index (κ3) is 4.45. The Hall–Kier alpha value is -3.54. The van der Waals surface area contributed by atoms with E-state index in [2.05, 4.69) is 0 Å². The molecule has 1 aromatic carbocycles. The average Bonchev–Trinajstić information content (AvgIpc) is 2.72. The number of phenolic OH excluding ortho intramolecular Hbond substituents is 2. The van der Waals surface area contributed by atoms with E-state index in [4.69, 9.17) is 4.42 Å². The van der Waals surface area contributed by atoms with Crippen LogP contribution in [0.25, 0.3) is 17.0 Å². The highest BCUT2D eigenvalue weighted by Crippen LogP contribution is 2.44. The van der Waals surface area contributed by atoms with E-state index in [9.17, 15) is 24.9 Å². The number of Topliss-reactive ketones (excluding diaryl/α,β-unsaturated/α-hetero) is 1. The first-order valence-corrected chi connectivity index (χ1v) is 11.3. The molecule has 0 fully saturated rings. The number of fused-ring (bicyclic) bond motifs is 2. The van der Waals surface area contributed by atoms with Crippen LogP contribution in [0.4, 0.5) is 0 Å². The van der Waals surface area contributed by atoms with Gasteiger partial charge in [-0.1, -0.05) is 34.9 Å². The summed E-state index contributed by atoms with van der Waals surface area (Å²) in [7, 11) is 0. The zero-order valence-electron chi connectivity index (χ0n) is 20.6. The predicted octanol–water partition coefficient (Wildman–Crippen LogP) is 6.14. The number of phenols is 2. The molecule has 34 heavy (non-hydrogen) atoms. The summed E-state index contributed by atoms with van der Waals surface area (Å²) in [6, 6.07) is 1.29. The lowest BCUT2D eigenvalue weighted by atomic mass is 9.67. The van der Waals surface area contributed by atoms with Gasteiger partial charge in [-0.05, 0) is 60.8 Å². The van der Waals surface area contributed by atoms with Crippen molar-refractivity contribution in [3.63, 3.8) is 0 Å². The highest BCUT2D eigenvalue weighted by Gasteiger charge is 2.47. The average molecular weight is 465 g/mol. The second-order valence-electron chi connectivity index (χ2n) is 9.66. The molecule has 0 saturated heterocycles. The zero-order chi connectivity index (χ0) is 25.4. The van der Waals surface area contributed by atoms with Gasteiger partial charge in [-0.3, -0.25) is 9.59 Å². The molecular formula is C28H32O6. The summed E-state index contributed by atoms with van der Waals surface area (Å²) < 4.78 is 5.93. The van der Waals surface area contributed by atoms with E-state index in [0.29, 0.717) is 0 Å². The monoisotopic (exact) mass is 464 g/mol. The maximum atomic E-state index is 13.9. The molecule has 0 saturated carbocycles. The molecule has 3 rings (SSSR count). The number of aliphatic hydroxyl groups is 1. The first-order chi connectivity index (χ1) is 15.9. The second-order valence-corrected chi connectivity index (χ2v) is 9.66. The molecule has 1 aliphatic carbocycles. The van der Waals surface area contributed by atoms with Crippen LogP contribution in [0.15, 0.2) is 56.0 Å². The number of aromatic hydroxyl groups is 2. The molecular weight excluding hydrogens is 432 g/mol. The van der Waals surface area contributed by atoms with Crippen LogP contribution in [0.3, 0.4) is 0 Å². The van der Waals surface area contributed by atoms with Crippen molar-refractivity contribution in [2.45, 2.75) is 66.2 Å². The molecule has 3 N–H and O–H groups in total. The fraction of sp³-hybridized carbons (Fsp3) is 0.357. The fourth-order valence-corrected chi connectivity index (χ4v) is 4.22. The van der Waals surface area contributed by atoms with Crippen molar-refractivity contribution in [3.8, 4) is 11.5 Å². The van der Waals surface area contributed by atoms with E-state index in [-0.39, 0.29) is 58.6 Å². The molecule has 0 spiro atoms. The molecule has 0 aliphatic heterocycles. The van der Waals surface area contributed by atoms with Gasteiger partial charge < -0.3 is 19.7 Å². The first-order valence-electron chi connectivity index (χ1n) is 11.3. The minimum absolute atomic E-state index is 0.0172. The van der Waals surface area contributed by atoms with E-state index >= 15 is 0 Å². The van der Waals surface area contributed by atoms with Gasteiger partial charge >= 0.3 is 0 Å². The van der Waals surface area contributed by atoms with E-state index < -0.39 is 22.4 Å². The van der Waals surface area contributed by atoms with Crippen molar-refractivity contribution in [1.29, 1.82) is 0 Å². The summed E-state index contributed by atoms with van der Waals surface area (Å²) >= 11 is 0. The smallest absolute Gasteiger partial charge is 0.208 e. The standard InChI is InChI=1S/C28H32O6/c1-15(2)7-8-18-19(29)13-21-23(25(18)31)26(32)24-22(34-21)14-20(30)27(33)28(24,11-9-16(3)4)12-10-17(5)6/h7,9-10,13-14,29-31H,8,11-12H2,1-6H3. The lowest BCUT2D eigenvalue weighted by Crippen LogP contribution is -2.43. The Morgan fingerprint density at radius 2 is 1.47 bits per heavy atom. The number of carbonyl (C=O) groups excluding carboxylic acids is 1.